The highest BCUT2D eigenvalue weighted by Gasteiger charge is 2.20. The maximum atomic E-state index is 11.9. The second kappa shape index (κ2) is 5.52. The molecule has 0 aromatic carbocycles. The van der Waals surface area contributed by atoms with E-state index in [1.54, 1.807) is 25.3 Å². The molecule has 0 bridgehead atoms. The van der Waals surface area contributed by atoms with Crippen molar-refractivity contribution in [2.24, 2.45) is 0 Å². The van der Waals surface area contributed by atoms with Crippen LogP contribution >= 0.6 is 0 Å². The smallest absolute Gasteiger partial charge is 0.326 e. The number of carboxylic acid groups (broad SMARTS) is 1. The van der Waals surface area contributed by atoms with Crippen LogP contribution in [0, 0.1) is 0 Å². The van der Waals surface area contributed by atoms with Crippen molar-refractivity contribution in [3.63, 3.8) is 0 Å². The van der Waals surface area contributed by atoms with Gasteiger partial charge in [-0.25, -0.2) is 4.79 Å². The quantitative estimate of drug-likeness (QED) is 0.819. The molecule has 0 fully saturated rings. The molecule has 0 aliphatic rings. The Morgan fingerprint density at radius 1 is 1.47 bits per heavy atom. The number of aliphatic carboxylic acids is 1. The van der Waals surface area contributed by atoms with Gasteiger partial charge in [0.15, 0.2) is 0 Å². The number of aromatic nitrogens is 1. The number of carbonyl (C=O) groups is 2. The summed E-state index contributed by atoms with van der Waals surface area (Å²) in [6.07, 6.45) is 2.17. The van der Waals surface area contributed by atoms with Crippen molar-refractivity contribution >= 4 is 11.9 Å². The maximum Gasteiger partial charge on any atom is 0.326 e. The highest BCUT2D eigenvalue weighted by atomic mass is 16.4. The van der Waals surface area contributed by atoms with E-state index in [-0.39, 0.29) is 11.9 Å². The molecular formula is C12H18N2O3. The van der Waals surface area contributed by atoms with Crippen LogP contribution in [0.5, 0.6) is 0 Å². The van der Waals surface area contributed by atoms with Gasteiger partial charge in [0.25, 0.3) is 5.91 Å². The molecule has 1 rings (SSSR count). The third-order valence-electron chi connectivity index (χ3n) is 2.58. The first-order valence-corrected chi connectivity index (χ1v) is 5.67. The molecule has 1 unspecified atom stereocenters. The fourth-order valence-corrected chi connectivity index (χ4v) is 1.61. The summed E-state index contributed by atoms with van der Waals surface area (Å²) in [6, 6.07) is 2.79. The first-order valence-electron chi connectivity index (χ1n) is 5.67. The second-order valence-corrected chi connectivity index (χ2v) is 4.17. The SMILES string of the molecule is CCC(NC(=O)c1cccn1C(C)C)C(=O)O. The molecule has 17 heavy (non-hydrogen) atoms. The van der Waals surface area contributed by atoms with Gasteiger partial charge in [-0.2, -0.15) is 0 Å². The van der Waals surface area contributed by atoms with Gasteiger partial charge in [0.2, 0.25) is 0 Å². The van der Waals surface area contributed by atoms with Gasteiger partial charge in [0.05, 0.1) is 0 Å². The monoisotopic (exact) mass is 238 g/mol. The van der Waals surface area contributed by atoms with Crippen molar-refractivity contribution in [3.05, 3.63) is 24.0 Å². The Bertz CT molecular complexity index is 410. The molecule has 0 saturated heterocycles. The summed E-state index contributed by atoms with van der Waals surface area (Å²) < 4.78 is 1.81. The minimum atomic E-state index is -1.01. The molecule has 1 atom stereocenters. The van der Waals surface area contributed by atoms with Gasteiger partial charge in [0, 0.05) is 12.2 Å². The Morgan fingerprint density at radius 2 is 2.12 bits per heavy atom. The predicted molar refractivity (Wildman–Crippen MR) is 64.0 cm³/mol. The normalized spacial score (nSPS) is 12.5. The molecule has 0 radical (unpaired) electrons. The molecule has 5 heteroatoms. The summed E-state index contributed by atoms with van der Waals surface area (Å²) in [5, 5.41) is 11.4. The topological polar surface area (TPSA) is 71.3 Å². The van der Waals surface area contributed by atoms with Gasteiger partial charge in [-0.3, -0.25) is 4.79 Å². The zero-order valence-corrected chi connectivity index (χ0v) is 10.3. The van der Waals surface area contributed by atoms with Gasteiger partial charge in [-0.15, -0.1) is 0 Å². The van der Waals surface area contributed by atoms with Crippen LogP contribution in [-0.4, -0.2) is 27.6 Å². The Kier molecular flexibility index (Phi) is 4.31. The van der Waals surface area contributed by atoms with Crippen molar-refractivity contribution in [2.75, 3.05) is 0 Å². The zero-order valence-electron chi connectivity index (χ0n) is 10.3. The number of hydrogen-bond donors (Lipinski definition) is 2. The third-order valence-corrected chi connectivity index (χ3v) is 2.58. The van der Waals surface area contributed by atoms with Crippen molar-refractivity contribution in [2.45, 2.75) is 39.3 Å². The largest absolute Gasteiger partial charge is 0.480 e. The number of carboxylic acids is 1. The van der Waals surface area contributed by atoms with Crippen molar-refractivity contribution in [3.8, 4) is 0 Å². The van der Waals surface area contributed by atoms with E-state index in [1.165, 1.54) is 0 Å². The lowest BCUT2D eigenvalue weighted by atomic mass is 10.2. The molecule has 0 spiro atoms. The summed E-state index contributed by atoms with van der Waals surface area (Å²) >= 11 is 0. The summed E-state index contributed by atoms with van der Waals surface area (Å²) in [5.74, 6) is -1.36. The Morgan fingerprint density at radius 3 is 2.59 bits per heavy atom. The first kappa shape index (κ1) is 13.3. The van der Waals surface area contributed by atoms with Crippen molar-refractivity contribution in [1.29, 1.82) is 0 Å². The van der Waals surface area contributed by atoms with Gasteiger partial charge < -0.3 is 15.0 Å². The predicted octanol–water partition coefficient (Wildman–Crippen LogP) is 1.66. The number of hydrogen-bond acceptors (Lipinski definition) is 2. The van der Waals surface area contributed by atoms with E-state index in [0.29, 0.717) is 12.1 Å². The Labute approximate surface area is 100 Å². The van der Waals surface area contributed by atoms with Crippen LogP contribution in [0.4, 0.5) is 0 Å². The number of amides is 1. The number of nitrogens with one attached hydrogen (secondary N) is 1. The van der Waals surface area contributed by atoms with Gasteiger partial charge in [-0.05, 0) is 32.4 Å². The summed E-state index contributed by atoms with van der Waals surface area (Å²) in [4.78, 5) is 22.7. The van der Waals surface area contributed by atoms with E-state index in [1.807, 2.05) is 18.4 Å². The van der Waals surface area contributed by atoms with E-state index < -0.39 is 12.0 Å². The average Bonchev–Trinajstić information content (AvgIpc) is 2.73. The highest BCUT2D eigenvalue weighted by Crippen LogP contribution is 2.11. The van der Waals surface area contributed by atoms with Gasteiger partial charge in [0.1, 0.15) is 11.7 Å². The molecule has 5 nitrogen and oxygen atoms in total. The van der Waals surface area contributed by atoms with Crippen LogP contribution in [0.25, 0.3) is 0 Å². The minimum Gasteiger partial charge on any atom is -0.480 e. The van der Waals surface area contributed by atoms with E-state index in [0.717, 1.165) is 0 Å². The highest BCUT2D eigenvalue weighted by molar-refractivity contribution is 5.95. The zero-order chi connectivity index (χ0) is 13.0. The minimum absolute atomic E-state index is 0.163. The van der Waals surface area contributed by atoms with E-state index in [2.05, 4.69) is 5.32 Å². The number of carbonyl (C=O) groups excluding carboxylic acids is 1. The molecule has 0 saturated carbocycles. The first-order chi connectivity index (χ1) is 7.97. The molecule has 1 aromatic rings. The van der Waals surface area contributed by atoms with Crippen LogP contribution in [-0.2, 0) is 4.79 Å². The molecule has 0 aliphatic heterocycles. The van der Waals surface area contributed by atoms with Gasteiger partial charge >= 0.3 is 5.97 Å². The van der Waals surface area contributed by atoms with Crippen LogP contribution < -0.4 is 5.32 Å². The number of rotatable bonds is 5. The molecule has 1 amide bonds. The van der Waals surface area contributed by atoms with E-state index >= 15 is 0 Å². The fraction of sp³-hybridized carbons (Fsp3) is 0.500. The summed E-state index contributed by atoms with van der Waals surface area (Å²) in [7, 11) is 0. The van der Waals surface area contributed by atoms with Crippen LogP contribution in [0.1, 0.15) is 43.7 Å². The van der Waals surface area contributed by atoms with Gasteiger partial charge in [-0.1, -0.05) is 6.92 Å². The second-order valence-electron chi connectivity index (χ2n) is 4.17. The molecule has 94 valence electrons. The van der Waals surface area contributed by atoms with Crippen molar-refractivity contribution in [1.82, 2.24) is 9.88 Å². The maximum absolute atomic E-state index is 11.9. The third kappa shape index (κ3) is 3.09. The van der Waals surface area contributed by atoms with Crippen molar-refractivity contribution < 1.29 is 14.7 Å². The molecule has 1 heterocycles. The lowest BCUT2D eigenvalue weighted by Crippen LogP contribution is -2.41. The fourth-order valence-electron chi connectivity index (χ4n) is 1.61. The lowest BCUT2D eigenvalue weighted by molar-refractivity contribution is -0.139. The molecule has 2 N–H and O–H groups in total. The van der Waals surface area contributed by atoms with Crippen LogP contribution in [0.2, 0.25) is 0 Å². The van der Waals surface area contributed by atoms with Crippen LogP contribution in [0.15, 0.2) is 18.3 Å². The standard InChI is InChI=1S/C12H18N2O3/c1-4-9(12(16)17)13-11(15)10-6-5-7-14(10)8(2)3/h5-9H,4H2,1-3H3,(H,13,15)(H,16,17). The number of nitrogens with zero attached hydrogens (tertiary/aromatic N) is 1. The van der Waals surface area contributed by atoms with E-state index in [4.69, 9.17) is 5.11 Å². The van der Waals surface area contributed by atoms with E-state index in [9.17, 15) is 9.59 Å². The Hall–Kier alpha value is -1.78. The molecular weight excluding hydrogens is 220 g/mol. The Balaban J connectivity index is 2.82. The molecule has 0 aliphatic carbocycles. The lowest BCUT2D eigenvalue weighted by Gasteiger charge is -2.15. The molecule has 1 aromatic heterocycles. The average molecular weight is 238 g/mol. The summed E-state index contributed by atoms with van der Waals surface area (Å²) in [5.41, 5.74) is 0.486. The summed E-state index contributed by atoms with van der Waals surface area (Å²) in [6.45, 7) is 5.65. The van der Waals surface area contributed by atoms with Crippen LogP contribution in [0.3, 0.4) is 0 Å².